The molecule has 0 radical (unpaired) electrons. The Bertz CT molecular complexity index is 696. The molecule has 0 bridgehead atoms. The SMILES string of the molecule is CC(C)(C)/C=C(\C(=O)[P@]1(=O)C(O)=C(C(C)(C)C)[C@@H]1C(C)(C)C)C(C)(C)C. The van der Waals surface area contributed by atoms with Crippen LogP contribution in [0.4, 0.5) is 0 Å². The lowest BCUT2D eigenvalue weighted by molar-refractivity contribution is -0.110. The predicted molar refractivity (Wildman–Crippen MR) is 112 cm³/mol. The van der Waals surface area contributed by atoms with Crippen molar-refractivity contribution in [1.82, 2.24) is 0 Å². The van der Waals surface area contributed by atoms with Gasteiger partial charge in [0.2, 0.25) is 12.7 Å². The molecule has 0 spiro atoms. The molecule has 0 saturated carbocycles. The molecule has 1 rings (SSSR count). The lowest BCUT2D eigenvalue weighted by Crippen LogP contribution is -2.44. The van der Waals surface area contributed by atoms with Crippen LogP contribution in [0.25, 0.3) is 0 Å². The summed E-state index contributed by atoms with van der Waals surface area (Å²) in [5, 5.41) is 10.8. The molecule has 1 heterocycles. The van der Waals surface area contributed by atoms with Crippen LogP contribution in [-0.4, -0.2) is 16.3 Å². The topological polar surface area (TPSA) is 54.4 Å². The Labute approximate surface area is 160 Å². The zero-order valence-electron chi connectivity index (χ0n) is 18.9. The fraction of sp³-hybridized carbons (Fsp3) is 0.773. The molecule has 0 saturated heterocycles. The first kappa shape index (κ1) is 23.2. The van der Waals surface area contributed by atoms with Crippen molar-refractivity contribution >= 4 is 12.7 Å². The van der Waals surface area contributed by atoms with Crippen LogP contribution >= 0.6 is 7.14 Å². The van der Waals surface area contributed by atoms with Crippen molar-refractivity contribution in [3.8, 4) is 0 Å². The highest BCUT2D eigenvalue weighted by molar-refractivity contribution is 7.86. The average Bonchev–Trinajstić information content (AvgIpc) is 2.34. The van der Waals surface area contributed by atoms with Gasteiger partial charge in [0, 0.05) is 5.57 Å². The van der Waals surface area contributed by atoms with Crippen LogP contribution in [0.15, 0.2) is 22.7 Å². The van der Waals surface area contributed by atoms with Crippen molar-refractivity contribution in [2.75, 3.05) is 0 Å². The fourth-order valence-corrected chi connectivity index (χ4v) is 7.70. The van der Waals surface area contributed by atoms with E-state index < -0.39 is 18.2 Å². The fourth-order valence-electron chi connectivity index (χ4n) is 3.69. The largest absolute Gasteiger partial charge is 0.504 e. The van der Waals surface area contributed by atoms with Gasteiger partial charge in [-0.1, -0.05) is 89.2 Å². The van der Waals surface area contributed by atoms with Crippen molar-refractivity contribution in [1.29, 1.82) is 0 Å². The van der Waals surface area contributed by atoms with Crippen molar-refractivity contribution in [3.63, 3.8) is 0 Å². The van der Waals surface area contributed by atoms with E-state index in [1.165, 1.54) is 0 Å². The van der Waals surface area contributed by atoms with Crippen LogP contribution in [0, 0.1) is 21.7 Å². The van der Waals surface area contributed by atoms with Gasteiger partial charge in [-0.25, -0.2) is 0 Å². The van der Waals surface area contributed by atoms with E-state index in [4.69, 9.17) is 0 Å². The summed E-state index contributed by atoms with van der Waals surface area (Å²) < 4.78 is 14.0. The molecule has 0 amide bonds. The summed E-state index contributed by atoms with van der Waals surface area (Å²) in [4.78, 5) is 13.6. The molecule has 0 aromatic carbocycles. The Morgan fingerprint density at radius 1 is 0.923 bits per heavy atom. The minimum Gasteiger partial charge on any atom is -0.504 e. The van der Waals surface area contributed by atoms with Gasteiger partial charge < -0.3 is 9.67 Å². The first-order valence-electron chi connectivity index (χ1n) is 9.47. The van der Waals surface area contributed by atoms with Crippen LogP contribution in [0.3, 0.4) is 0 Å². The van der Waals surface area contributed by atoms with Crippen molar-refractivity contribution in [3.05, 3.63) is 22.7 Å². The number of hydrogen-bond acceptors (Lipinski definition) is 3. The third kappa shape index (κ3) is 4.19. The average molecular weight is 383 g/mol. The zero-order chi connectivity index (χ0) is 21.1. The molecule has 0 unspecified atom stereocenters. The zero-order valence-corrected chi connectivity index (χ0v) is 19.8. The third-order valence-corrected chi connectivity index (χ3v) is 8.21. The Morgan fingerprint density at radius 3 is 1.62 bits per heavy atom. The summed E-state index contributed by atoms with van der Waals surface area (Å²) in [6, 6.07) is 0. The molecule has 0 aromatic heterocycles. The van der Waals surface area contributed by atoms with E-state index >= 15 is 0 Å². The van der Waals surface area contributed by atoms with Gasteiger partial charge in [-0.2, -0.15) is 0 Å². The van der Waals surface area contributed by atoms with Crippen LogP contribution in [0.2, 0.25) is 0 Å². The lowest BCUT2D eigenvalue weighted by atomic mass is 9.76. The first-order chi connectivity index (χ1) is 11.1. The second-order valence-electron chi connectivity index (χ2n) is 11.9. The summed E-state index contributed by atoms with van der Waals surface area (Å²) >= 11 is 0. The quantitative estimate of drug-likeness (QED) is 0.408. The van der Waals surface area contributed by atoms with Gasteiger partial charge in [-0.05, 0) is 27.2 Å². The van der Waals surface area contributed by atoms with E-state index in [9.17, 15) is 14.5 Å². The second kappa shape index (κ2) is 6.36. The smallest absolute Gasteiger partial charge is 0.225 e. The number of hydrogen-bond donors (Lipinski definition) is 1. The Kier molecular flexibility index (Phi) is 5.68. The van der Waals surface area contributed by atoms with E-state index in [2.05, 4.69) is 0 Å². The van der Waals surface area contributed by atoms with Crippen molar-refractivity contribution < 1.29 is 14.5 Å². The normalized spacial score (nSPS) is 26.0. The number of carbonyl (C=O) groups excluding carboxylic acids is 1. The highest BCUT2D eigenvalue weighted by Gasteiger charge is 2.63. The molecule has 1 N–H and O–H groups in total. The number of carbonyl (C=O) groups is 1. The molecule has 26 heavy (non-hydrogen) atoms. The molecule has 0 aromatic rings. The van der Waals surface area contributed by atoms with Gasteiger partial charge in [0.15, 0.2) is 5.50 Å². The molecular formula is C22H39O3P. The maximum absolute atomic E-state index is 14.0. The summed E-state index contributed by atoms with van der Waals surface area (Å²) in [7, 11) is -3.57. The predicted octanol–water partition coefficient (Wildman–Crippen LogP) is 7.14. The van der Waals surface area contributed by atoms with Gasteiger partial charge in [0.25, 0.3) is 0 Å². The summed E-state index contributed by atoms with van der Waals surface area (Å²) in [5.74, 6) is 0. The molecule has 1 aliphatic heterocycles. The van der Waals surface area contributed by atoms with E-state index in [-0.39, 0.29) is 27.3 Å². The van der Waals surface area contributed by atoms with Crippen molar-refractivity contribution in [2.45, 2.75) is 88.7 Å². The minimum atomic E-state index is -3.57. The summed E-state index contributed by atoms with van der Waals surface area (Å²) in [6.45, 7) is 24.0. The number of allylic oxidation sites excluding steroid dienone is 3. The molecule has 150 valence electrons. The van der Waals surface area contributed by atoms with E-state index in [1.54, 1.807) is 0 Å². The van der Waals surface area contributed by atoms with E-state index in [1.807, 2.05) is 89.2 Å². The number of aliphatic hydroxyl groups excluding tert-OH is 1. The van der Waals surface area contributed by atoms with Crippen LogP contribution in [-0.2, 0) is 9.36 Å². The highest BCUT2D eigenvalue weighted by atomic mass is 31.2. The number of aliphatic hydroxyl groups is 1. The van der Waals surface area contributed by atoms with Gasteiger partial charge in [0.05, 0.1) is 5.66 Å². The molecule has 3 nitrogen and oxygen atoms in total. The van der Waals surface area contributed by atoms with E-state index in [0.29, 0.717) is 5.57 Å². The minimum absolute atomic E-state index is 0.154. The van der Waals surface area contributed by atoms with E-state index in [0.717, 1.165) is 5.57 Å². The molecule has 2 atom stereocenters. The molecule has 0 fully saturated rings. The Balaban J connectivity index is 3.71. The van der Waals surface area contributed by atoms with Crippen LogP contribution < -0.4 is 0 Å². The monoisotopic (exact) mass is 382 g/mol. The molecular weight excluding hydrogens is 343 g/mol. The molecule has 1 aliphatic rings. The highest BCUT2D eigenvalue weighted by Crippen LogP contribution is 2.76. The molecule has 4 heteroatoms. The Morgan fingerprint density at radius 2 is 1.35 bits per heavy atom. The standard InChI is InChI=1S/C22H39O3P/c1-19(2,3)13-14(20(4,5)6)17(23)26(25)16(22(10,11)12)15(18(26)24)21(7,8)9/h13,16,24H,1-12H3/b14-13+/t16-,26+/m1/s1. The first-order valence-corrected chi connectivity index (χ1v) is 11.2. The Hall–Kier alpha value is -0.820. The van der Waals surface area contributed by atoms with Gasteiger partial charge in [0.1, 0.15) is 0 Å². The van der Waals surface area contributed by atoms with Gasteiger partial charge >= 0.3 is 0 Å². The summed E-state index contributed by atoms with van der Waals surface area (Å²) in [5.41, 5.74) is -0.977. The molecule has 0 aliphatic carbocycles. The number of rotatable bonds is 2. The second-order valence-corrected chi connectivity index (χ2v) is 14.6. The third-order valence-electron chi connectivity index (χ3n) is 4.74. The van der Waals surface area contributed by atoms with Crippen LogP contribution in [0.1, 0.15) is 83.1 Å². The van der Waals surface area contributed by atoms with Crippen molar-refractivity contribution in [2.24, 2.45) is 21.7 Å². The maximum atomic E-state index is 14.0. The van der Waals surface area contributed by atoms with Crippen LogP contribution in [0.5, 0.6) is 0 Å². The van der Waals surface area contributed by atoms with Gasteiger partial charge in [-0.15, -0.1) is 0 Å². The van der Waals surface area contributed by atoms with Gasteiger partial charge in [-0.3, -0.25) is 4.79 Å². The summed E-state index contributed by atoms with van der Waals surface area (Å²) in [6.07, 6.45) is 1.93. The lowest BCUT2D eigenvalue weighted by Gasteiger charge is -2.50. The maximum Gasteiger partial charge on any atom is 0.225 e.